The largest absolute Gasteiger partial charge is 0.480 e. The Morgan fingerprint density at radius 2 is 1.88 bits per heavy atom. The first-order valence-corrected chi connectivity index (χ1v) is 4.59. The van der Waals surface area contributed by atoms with Gasteiger partial charge in [-0.05, 0) is 32.5 Å². The molecule has 0 aromatic rings. The van der Waals surface area contributed by atoms with Crippen LogP contribution >= 0.6 is 0 Å². The summed E-state index contributed by atoms with van der Waals surface area (Å²) in [5, 5.41) is 11.2. The summed E-state index contributed by atoms with van der Waals surface area (Å²) in [4.78, 5) is 32.2. The van der Waals surface area contributed by atoms with Crippen molar-refractivity contribution < 1.29 is 19.5 Å². The highest BCUT2D eigenvalue weighted by Crippen LogP contribution is 1.99. The maximum Gasteiger partial charge on any atom is 0.320 e. The molecule has 0 saturated carbocycles. The Bertz CT molecular complexity index is 284. The molecule has 0 aliphatic heterocycles. The van der Waals surface area contributed by atoms with E-state index in [0.717, 1.165) is 0 Å². The van der Waals surface area contributed by atoms with Crippen molar-refractivity contribution in [3.8, 4) is 0 Å². The SMILES string of the molecule is C.CN[C@@H](CCC(=O)/C=C/C(C)=O)C(=O)O. The lowest BCUT2D eigenvalue weighted by atomic mass is 10.1. The summed E-state index contributed by atoms with van der Waals surface area (Å²) < 4.78 is 0. The van der Waals surface area contributed by atoms with Crippen LogP contribution in [0, 0.1) is 0 Å². The summed E-state index contributed by atoms with van der Waals surface area (Å²) in [5.41, 5.74) is 0. The minimum Gasteiger partial charge on any atom is -0.480 e. The quantitative estimate of drug-likeness (QED) is 0.630. The van der Waals surface area contributed by atoms with Gasteiger partial charge in [0.1, 0.15) is 6.04 Å². The molecule has 0 spiro atoms. The Morgan fingerprint density at radius 3 is 2.25 bits per heavy atom. The summed E-state index contributed by atoms with van der Waals surface area (Å²) in [6.07, 6.45) is 2.68. The van der Waals surface area contributed by atoms with Gasteiger partial charge in [-0.15, -0.1) is 0 Å². The molecule has 1 atom stereocenters. The van der Waals surface area contributed by atoms with Gasteiger partial charge < -0.3 is 10.4 Å². The molecule has 0 aromatic carbocycles. The van der Waals surface area contributed by atoms with Gasteiger partial charge in [-0.1, -0.05) is 7.43 Å². The molecular weight excluding hydrogens is 210 g/mol. The zero-order chi connectivity index (χ0) is 11.8. The molecule has 2 N–H and O–H groups in total. The van der Waals surface area contributed by atoms with Crippen LogP contribution in [0.15, 0.2) is 12.2 Å². The third kappa shape index (κ3) is 7.87. The molecule has 0 aliphatic rings. The smallest absolute Gasteiger partial charge is 0.320 e. The normalized spacial score (nSPS) is 11.9. The van der Waals surface area contributed by atoms with Crippen molar-refractivity contribution in [2.45, 2.75) is 33.2 Å². The van der Waals surface area contributed by atoms with Crippen molar-refractivity contribution in [2.24, 2.45) is 0 Å². The Balaban J connectivity index is 0. The minimum atomic E-state index is -0.985. The van der Waals surface area contributed by atoms with E-state index in [2.05, 4.69) is 5.32 Å². The van der Waals surface area contributed by atoms with E-state index in [1.807, 2.05) is 0 Å². The molecule has 0 aliphatic carbocycles. The van der Waals surface area contributed by atoms with E-state index >= 15 is 0 Å². The first-order valence-electron chi connectivity index (χ1n) is 4.59. The van der Waals surface area contributed by atoms with Gasteiger partial charge in [0.05, 0.1) is 0 Å². The molecule has 5 heteroatoms. The van der Waals surface area contributed by atoms with Crippen molar-refractivity contribution in [3.63, 3.8) is 0 Å². The van der Waals surface area contributed by atoms with Crippen molar-refractivity contribution in [1.82, 2.24) is 5.32 Å². The predicted molar refractivity (Wildman–Crippen MR) is 61.3 cm³/mol. The van der Waals surface area contributed by atoms with Crippen LogP contribution in [-0.4, -0.2) is 35.7 Å². The lowest BCUT2D eigenvalue weighted by Crippen LogP contribution is -2.34. The lowest BCUT2D eigenvalue weighted by molar-refractivity contribution is -0.139. The number of hydrogen-bond donors (Lipinski definition) is 2. The van der Waals surface area contributed by atoms with Crippen LogP contribution in [0.25, 0.3) is 0 Å². The van der Waals surface area contributed by atoms with Gasteiger partial charge >= 0.3 is 5.97 Å². The maximum atomic E-state index is 11.1. The molecule has 0 aromatic heterocycles. The van der Waals surface area contributed by atoms with Crippen LogP contribution in [0.5, 0.6) is 0 Å². The number of carbonyl (C=O) groups excluding carboxylic acids is 2. The number of rotatable bonds is 7. The number of allylic oxidation sites excluding steroid dienone is 2. The highest BCUT2D eigenvalue weighted by atomic mass is 16.4. The van der Waals surface area contributed by atoms with E-state index < -0.39 is 12.0 Å². The van der Waals surface area contributed by atoms with Crippen LogP contribution in [0.2, 0.25) is 0 Å². The summed E-state index contributed by atoms with van der Waals surface area (Å²) in [6, 6.07) is -0.723. The van der Waals surface area contributed by atoms with Crippen molar-refractivity contribution in [1.29, 1.82) is 0 Å². The first kappa shape index (κ1) is 16.9. The molecule has 0 heterocycles. The average molecular weight is 229 g/mol. The third-order valence-electron chi connectivity index (χ3n) is 1.83. The fraction of sp³-hybridized carbons (Fsp3) is 0.545. The number of hydrogen-bond acceptors (Lipinski definition) is 4. The molecule has 0 amide bonds. The monoisotopic (exact) mass is 229 g/mol. The predicted octanol–water partition coefficient (Wildman–Crippen LogP) is 0.790. The van der Waals surface area contributed by atoms with Gasteiger partial charge in [0.15, 0.2) is 11.6 Å². The molecule has 0 saturated heterocycles. The van der Waals surface area contributed by atoms with E-state index in [0.29, 0.717) is 0 Å². The molecule has 0 unspecified atom stereocenters. The number of carboxylic acid groups (broad SMARTS) is 1. The maximum absolute atomic E-state index is 11.1. The second-order valence-corrected chi connectivity index (χ2v) is 3.13. The van der Waals surface area contributed by atoms with Crippen LogP contribution in [-0.2, 0) is 14.4 Å². The average Bonchev–Trinajstić information content (AvgIpc) is 2.15. The molecule has 16 heavy (non-hydrogen) atoms. The van der Waals surface area contributed by atoms with Crippen LogP contribution in [0.4, 0.5) is 0 Å². The number of carboxylic acids is 1. The van der Waals surface area contributed by atoms with E-state index in [4.69, 9.17) is 5.11 Å². The van der Waals surface area contributed by atoms with Gasteiger partial charge in [-0.25, -0.2) is 0 Å². The van der Waals surface area contributed by atoms with Crippen molar-refractivity contribution >= 4 is 17.5 Å². The Labute approximate surface area is 95.5 Å². The zero-order valence-electron chi connectivity index (χ0n) is 8.82. The van der Waals surface area contributed by atoms with Gasteiger partial charge in [-0.2, -0.15) is 0 Å². The number of likely N-dealkylation sites (N-methyl/N-ethyl adjacent to an activating group) is 1. The summed E-state index contributed by atoms with van der Waals surface area (Å²) in [6.45, 7) is 1.34. The summed E-state index contributed by atoms with van der Waals surface area (Å²) in [5.74, 6) is -1.43. The van der Waals surface area contributed by atoms with E-state index in [1.165, 1.54) is 26.1 Å². The van der Waals surface area contributed by atoms with Crippen molar-refractivity contribution in [2.75, 3.05) is 7.05 Å². The van der Waals surface area contributed by atoms with Crippen molar-refractivity contribution in [3.05, 3.63) is 12.2 Å². The molecule has 0 bridgehead atoms. The molecule has 92 valence electrons. The standard InChI is InChI=1S/C10H15NO4.CH4/c1-7(12)3-4-8(13)5-6-9(11-2)10(14)15;/h3-4,9,11H,5-6H2,1-2H3,(H,14,15);1H4/b4-3+;/t9-;/m0./s1. The highest BCUT2D eigenvalue weighted by molar-refractivity contribution is 5.97. The summed E-state index contributed by atoms with van der Waals surface area (Å²) >= 11 is 0. The fourth-order valence-corrected chi connectivity index (χ4v) is 0.972. The molecule has 0 rings (SSSR count). The number of carbonyl (C=O) groups is 3. The topological polar surface area (TPSA) is 83.5 Å². The minimum absolute atomic E-state index is 0. The summed E-state index contributed by atoms with van der Waals surface area (Å²) in [7, 11) is 1.52. The van der Waals surface area contributed by atoms with Crippen LogP contribution in [0.3, 0.4) is 0 Å². The Kier molecular flexibility index (Phi) is 9.30. The van der Waals surface area contributed by atoms with E-state index in [1.54, 1.807) is 0 Å². The highest BCUT2D eigenvalue weighted by Gasteiger charge is 2.15. The molecule has 5 nitrogen and oxygen atoms in total. The van der Waals surface area contributed by atoms with Gasteiger partial charge in [0.25, 0.3) is 0 Å². The van der Waals surface area contributed by atoms with Gasteiger partial charge in [-0.3, -0.25) is 14.4 Å². The molecule has 0 radical (unpaired) electrons. The van der Waals surface area contributed by atoms with Gasteiger partial charge in [0, 0.05) is 6.42 Å². The Hall–Kier alpha value is -1.49. The van der Waals surface area contributed by atoms with Gasteiger partial charge in [0.2, 0.25) is 0 Å². The zero-order valence-corrected chi connectivity index (χ0v) is 8.82. The molecular formula is C11H19NO4. The lowest BCUT2D eigenvalue weighted by Gasteiger charge is -2.08. The number of nitrogens with one attached hydrogen (secondary N) is 1. The fourth-order valence-electron chi connectivity index (χ4n) is 0.972. The second kappa shape index (κ2) is 8.79. The third-order valence-corrected chi connectivity index (χ3v) is 1.83. The number of aliphatic carboxylic acids is 1. The Morgan fingerprint density at radius 1 is 1.31 bits per heavy atom. The van der Waals surface area contributed by atoms with Crippen LogP contribution < -0.4 is 5.32 Å². The van der Waals surface area contributed by atoms with E-state index in [-0.39, 0.29) is 31.8 Å². The van der Waals surface area contributed by atoms with E-state index in [9.17, 15) is 14.4 Å². The molecule has 0 fully saturated rings. The first-order chi connectivity index (χ1) is 6.97. The number of ketones is 2. The second-order valence-electron chi connectivity index (χ2n) is 3.13. The van der Waals surface area contributed by atoms with Crippen LogP contribution in [0.1, 0.15) is 27.2 Å².